The average molecular weight is 438 g/mol. The van der Waals surface area contributed by atoms with E-state index in [1.807, 2.05) is 6.07 Å². The molecule has 1 amide bonds. The lowest BCUT2D eigenvalue weighted by Crippen LogP contribution is -2.48. The van der Waals surface area contributed by atoms with Crippen LogP contribution in [0.25, 0.3) is 10.6 Å². The Hall–Kier alpha value is -2.23. The standard InChI is InChI=1S/C20H18F3N3OS2/c21-20(22,23)15-4-1-3-14(11-15)18-24-17(13-29-18)19(27)26-8-6-25(7-9-26)12-16-5-2-10-28-16/h1-5,10-11,13H,6-9,12H2. The minimum atomic E-state index is -4.41. The third-order valence-electron chi connectivity index (χ3n) is 4.78. The van der Waals surface area contributed by atoms with Crippen molar-refractivity contribution in [3.8, 4) is 10.6 Å². The summed E-state index contributed by atoms with van der Waals surface area (Å²) in [5.41, 5.74) is -0.0706. The zero-order valence-electron chi connectivity index (χ0n) is 15.4. The Bertz CT molecular complexity index is 977. The summed E-state index contributed by atoms with van der Waals surface area (Å²) < 4.78 is 38.8. The molecule has 0 aliphatic carbocycles. The molecule has 1 fully saturated rings. The second kappa shape index (κ2) is 8.25. The summed E-state index contributed by atoms with van der Waals surface area (Å²) in [6, 6.07) is 9.16. The number of thiophene rings is 1. The zero-order chi connectivity index (χ0) is 20.4. The molecule has 152 valence electrons. The van der Waals surface area contributed by atoms with Crippen LogP contribution in [-0.2, 0) is 12.7 Å². The molecule has 0 unspecified atom stereocenters. The van der Waals surface area contributed by atoms with Gasteiger partial charge in [-0.05, 0) is 23.6 Å². The first kappa shape index (κ1) is 20.1. The van der Waals surface area contributed by atoms with Crippen LogP contribution in [-0.4, -0.2) is 46.9 Å². The van der Waals surface area contributed by atoms with Gasteiger partial charge in [0.25, 0.3) is 5.91 Å². The molecule has 0 spiro atoms. The number of hydrogen-bond donors (Lipinski definition) is 0. The van der Waals surface area contributed by atoms with Gasteiger partial charge >= 0.3 is 6.18 Å². The van der Waals surface area contributed by atoms with Crippen LogP contribution in [0.4, 0.5) is 13.2 Å². The lowest BCUT2D eigenvalue weighted by atomic mass is 10.1. The van der Waals surface area contributed by atoms with Crippen LogP contribution in [0.3, 0.4) is 0 Å². The van der Waals surface area contributed by atoms with Crippen molar-refractivity contribution in [2.75, 3.05) is 26.2 Å². The van der Waals surface area contributed by atoms with Gasteiger partial charge in [0.2, 0.25) is 0 Å². The number of alkyl halides is 3. The van der Waals surface area contributed by atoms with Crippen molar-refractivity contribution < 1.29 is 18.0 Å². The van der Waals surface area contributed by atoms with Gasteiger partial charge in [-0.25, -0.2) is 4.98 Å². The Kier molecular flexibility index (Phi) is 5.71. The summed E-state index contributed by atoms with van der Waals surface area (Å²) in [4.78, 5) is 22.4. The first-order chi connectivity index (χ1) is 13.9. The van der Waals surface area contributed by atoms with E-state index in [0.717, 1.165) is 31.8 Å². The Balaban J connectivity index is 1.40. The van der Waals surface area contributed by atoms with E-state index in [4.69, 9.17) is 0 Å². The molecular formula is C20H18F3N3OS2. The van der Waals surface area contributed by atoms with Gasteiger partial charge in [-0.2, -0.15) is 13.2 Å². The van der Waals surface area contributed by atoms with E-state index >= 15 is 0 Å². The minimum absolute atomic E-state index is 0.171. The summed E-state index contributed by atoms with van der Waals surface area (Å²) in [5, 5.41) is 4.09. The van der Waals surface area contributed by atoms with Crippen LogP contribution in [0.15, 0.2) is 47.2 Å². The molecule has 1 aliphatic rings. The molecular weight excluding hydrogens is 419 g/mol. The molecule has 0 atom stereocenters. The predicted octanol–water partition coefficient (Wildman–Crippen LogP) is 4.85. The number of nitrogens with zero attached hydrogens (tertiary/aromatic N) is 3. The fraction of sp³-hybridized carbons (Fsp3) is 0.300. The van der Waals surface area contributed by atoms with Gasteiger partial charge in [-0.1, -0.05) is 18.2 Å². The maximum Gasteiger partial charge on any atom is 0.416 e. The van der Waals surface area contributed by atoms with Crippen molar-refractivity contribution in [2.24, 2.45) is 0 Å². The van der Waals surface area contributed by atoms with E-state index in [9.17, 15) is 18.0 Å². The van der Waals surface area contributed by atoms with Crippen LogP contribution < -0.4 is 0 Å². The number of carbonyl (C=O) groups excluding carboxylic acids is 1. The van der Waals surface area contributed by atoms with Gasteiger partial charge in [-0.15, -0.1) is 22.7 Å². The molecule has 0 radical (unpaired) electrons. The molecule has 4 rings (SSSR count). The van der Waals surface area contributed by atoms with Gasteiger partial charge in [-0.3, -0.25) is 9.69 Å². The smallest absolute Gasteiger partial charge is 0.335 e. The number of piperazine rings is 1. The van der Waals surface area contributed by atoms with Crippen molar-refractivity contribution in [1.29, 1.82) is 0 Å². The fourth-order valence-corrected chi connectivity index (χ4v) is 4.76. The molecule has 1 aromatic carbocycles. The average Bonchev–Trinajstić information content (AvgIpc) is 3.40. The molecule has 29 heavy (non-hydrogen) atoms. The molecule has 2 aromatic heterocycles. The second-order valence-electron chi connectivity index (χ2n) is 6.76. The Morgan fingerprint density at radius 3 is 2.55 bits per heavy atom. The summed E-state index contributed by atoms with van der Waals surface area (Å²) in [6.45, 7) is 3.68. The molecule has 9 heteroatoms. The van der Waals surface area contributed by atoms with E-state index in [-0.39, 0.29) is 11.6 Å². The van der Waals surface area contributed by atoms with Crippen molar-refractivity contribution in [2.45, 2.75) is 12.7 Å². The van der Waals surface area contributed by atoms with Crippen molar-refractivity contribution >= 4 is 28.6 Å². The highest BCUT2D eigenvalue weighted by atomic mass is 32.1. The maximum absolute atomic E-state index is 12.9. The predicted molar refractivity (Wildman–Crippen MR) is 108 cm³/mol. The fourth-order valence-electron chi connectivity index (χ4n) is 3.23. The number of rotatable bonds is 4. The molecule has 3 heterocycles. The summed E-state index contributed by atoms with van der Waals surface area (Å²) >= 11 is 2.91. The lowest BCUT2D eigenvalue weighted by Gasteiger charge is -2.34. The highest BCUT2D eigenvalue weighted by Gasteiger charge is 2.31. The number of amides is 1. The number of thiazole rings is 1. The van der Waals surface area contributed by atoms with Crippen LogP contribution >= 0.6 is 22.7 Å². The lowest BCUT2D eigenvalue weighted by molar-refractivity contribution is -0.137. The molecule has 0 saturated carbocycles. The first-order valence-electron chi connectivity index (χ1n) is 9.07. The van der Waals surface area contributed by atoms with Crippen LogP contribution in [0.1, 0.15) is 20.9 Å². The number of aromatic nitrogens is 1. The number of halogens is 3. The second-order valence-corrected chi connectivity index (χ2v) is 8.65. The summed E-state index contributed by atoms with van der Waals surface area (Å²) in [6.07, 6.45) is -4.41. The number of carbonyl (C=O) groups is 1. The monoisotopic (exact) mass is 437 g/mol. The van der Waals surface area contributed by atoms with E-state index in [0.29, 0.717) is 23.7 Å². The highest BCUT2D eigenvalue weighted by Crippen LogP contribution is 2.33. The molecule has 0 bridgehead atoms. The number of benzene rings is 1. The largest absolute Gasteiger partial charge is 0.416 e. The van der Waals surface area contributed by atoms with Crippen LogP contribution in [0.2, 0.25) is 0 Å². The Labute approximate surface area is 174 Å². The minimum Gasteiger partial charge on any atom is -0.335 e. The van der Waals surface area contributed by atoms with Gasteiger partial charge in [0.1, 0.15) is 10.7 Å². The van der Waals surface area contributed by atoms with Crippen molar-refractivity contribution in [1.82, 2.24) is 14.8 Å². The summed E-state index contributed by atoms with van der Waals surface area (Å²) in [7, 11) is 0. The van der Waals surface area contributed by atoms with E-state index < -0.39 is 11.7 Å². The van der Waals surface area contributed by atoms with Gasteiger partial charge < -0.3 is 4.90 Å². The van der Waals surface area contributed by atoms with Crippen molar-refractivity contribution in [3.63, 3.8) is 0 Å². The Morgan fingerprint density at radius 1 is 1.07 bits per heavy atom. The SMILES string of the molecule is O=C(c1csc(-c2cccc(C(F)(F)F)c2)n1)N1CCN(Cc2cccs2)CC1. The normalized spacial score (nSPS) is 15.6. The highest BCUT2D eigenvalue weighted by molar-refractivity contribution is 7.13. The molecule has 3 aromatic rings. The summed E-state index contributed by atoms with van der Waals surface area (Å²) in [5.74, 6) is -0.171. The van der Waals surface area contributed by atoms with Gasteiger partial charge in [0, 0.05) is 48.5 Å². The van der Waals surface area contributed by atoms with E-state index in [1.54, 1.807) is 27.7 Å². The van der Waals surface area contributed by atoms with Gasteiger partial charge in [0.15, 0.2) is 0 Å². The van der Waals surface area contributed by atoms with Crippen LogP contribution in [0, 0.1) is 0 Å². The zero-order valence-corrected chi connectivity index (χ0v) is 17.0. The van der Waals surface area contributed by atoms with Crippen LogP contribution in [0.5, 0.6) is 0 Å². The van der Waals surface area contributed by atoms with Crippen molar-refractivity contribution in [3.05, 3.63) is 63.3 Å². The molecule has 1 aliphatic heterocycles. The van der Waals surface area contributed by atoms with E-state index in [1.165, 1.54) is 22.3 Å². The van der Waals surface area contributed by atoms with E-state index in [2.05, 4.69) is 21.3 Å². The van der Waals surface area contributed by atoms with Gasteiger partial charge in [0.05, 0.1) is 5.56 Å². The topological polar surface area (TPSA) is 36.4 Å². The quantitative estimate of drug-likeness (QED) is 0.586. The number of hydrogen-bond acceptors (Lipinski definition) is 5. The third-order valence-corrected chi connectivity index (χ3v) is 6.53. The third kappa shape index (κ3) is 4.68. The Morgan fingerprint density at radius 2 is 1.86 bits per heavy atom. The maximum atomic E-state index is 12.9. The molecule has 0 N–H and O–H groups in total. The molecule has 1 saturated heterocycles. The molecule has 4 nitrogen and oxygen atoms in total. The first-order valence-corrected chi connectivity index (χ1v) is 10.8.